The van der Waals surface area contributed by atoms with E-state index in [0.29, 0.717) is 30.5 Å². The summed E-state index contributed by atoms with van der Waals surface area (Å²) in [6.07, 6.45) is -6.83. The van der Waals surface area contributed by atoms with Gasteiger partial charge in [-0.25, -0.2) is 9.36 Å². The number of halogens is 8. The molecule has 1 N–H and O–H groups in total. The van der Waals surface area contributed by atoms with Crippen LogP contribution in [0.15, 0.2) is 102 Å². The molecule has 3 aromatic rings. The van der Waals surface area contributed by atoms with Crippen LogP contribution >= 0.6 is 31.0 Å². The van der Waals surface area contributed by atoms with E-state index in [-0.39, 0.29) is 23.3 Å². The third kappa shape index (κ3) is 10.9. The lowest BCUT2D eigenvalue weighted by atomic mass is 10.1. The second-order valence-electron chi connectivity index (χ2n) is 11.8. The van der Waals surface area contributed by atoms with Crippen molar-refractivity contribution in [1.29, 1.82) is 0 Å². The predicted octanol–water partition coefficient (Wildman–Crippen LogP) is 9.90. The number of allylic oxidation sites excluding steroid dienone is 3. The topological polar surface area (TPSA) is 110 Å². The van der Waals surface area contributed by atoms with Gasteiger partial charge in [0.25, 0.3) is 0 Å². The number of phosphoric acid groups is 1. The number of carbonyl (C=O) groups is 1. The van der Waals surface area contributed by atoms with E-state index in [1.54, 1.807) is 42.5 Å². The van der Waals surface area contributed by atoms with Gasteiger partial charge in [-0.1, -0.05) is 83.9 Å². The number of carbonyl (C=O) groups excluding carboxylic acids is 1. The van der Waals surface area contributed by atoms with Gasteiger partial charge >= 0.3 is 26.1 Å². The number of hydrogen-bond donors (Lipinski definition) is 1. The molecule has 2 aliphatic rings. The van der Waals surface area contributed by atoms with Gasteiger partial charge in [-0.3, -0.25) is 13.6 Å². The Labute approximate surface area is 315 Å². The molecule has 1 heterocycles. The van der Waals surface area contributed by atoms with Crippen molar-refractivity contribution in [3.63, 3.8) is 0 Å². The fourth-order valence-corrected chi connectivity index (χ4v) is 6.95. The monoisotopic (exact) mass is 822 g/mol. The van der Waals surface area contributed by atoms with Gasteiger partial charge in [0.2, 0.25) is 5.76 Å². The first-order valence-electron chi connectivity index (χ1n) is 16.0. The van der Waals surface area contributed by atoms with Gasteiger partial charge in [0.05, 0.1) is 30.9 Å². The molecule has 18 heteroatoms. The Morgan fingerprint density at radius 3 is 1.98 bits per heavy atom. The van der Waals surface area contributed by atoms with Crippen LogP contribution < -0.4 is 0 Å². The molecule has 0 bridgehead atoms. The highest BCUT2D eigenvalue weighted by Crippen LogP contribution is 2.53. The number of ether oxygens (including phenoxy) is 3. The fraction of sp³-hybridized carbons (Fsp3) is 0.306. The molecule has 0 aromatic heterocycles. The Kier molecular flexibility index (Phi) is 13.6. The van der Waals surface area contributed by atoms with Gasteiger partial charge in [-0.05, 0) is 48.2 Å². The van der Waals surface area contributed by atoms with E-state index in [4.69, 9.17) is 51.0 Å². The summed E-state index contributed by atoms with van der Waals surface area (Å²) in [6.45, 7) is -3.41. The molecular weight excluding hydrogens is 792 g/mol. The highest BCUT2D eigenvalue weighted by molar-refractivity contribution is 7.48. The second-order valence-corrected chi connectivity index (χ2v) is 14.3. The summed E-state index contributed by atoms with van der Waals surface area (Å²) in [6, 6.07) is 14.1. The Bertz CT molecular complexity index is 1950. The van der Waals surface area contributed by atoms with Crippen LogP contribution in [0.2, 0.25) is 10.0 Å². The van der Waals surface area contributed by atoms with Crippen molar-refractivity contribution >= 4 is 37.0 Å². The average molecular weight is 824 g/mol. The van der Waals surface area contributed by atoms with Crippen LogP contribution in [-0.4, -0.2) is 36.5 Å². The van der Waals surface area contributed by atoms with Crippen LogP contribution in [0.25, 0.3) is 0 Å². The molecule has 54 heavy (non-hydrogen) atoms. The highest BCUT2D eigenvalue weighted by Gasteiger charge is 2.47. The van der Waals surface area contributed by atoms with Gasteiger partial charge in [-0.15, -0.1) is 0 Å². The minimum atomic E-state index is -4.90. The standard InChI is InChI=1S/C36H31Cl2F6O9P/c37-26-13-11-24(28(15-26)35(39,40)41)20-48-32-31(52-34(46)33(32)49-21-25-12-14-27(38)16-29(25)36(42,43)44)30(17-45)53-54(47,50-18-22-7-3-1-4-8-22)51-19-23-9-5-2-6-10-23/h1-5,7-9,11-16,30-31,45H,6,10,17-21H2. The number of esters is 1. The summed E-state index contributed by atoms with van der Waals surface area (Å²) < 4.78 is 131. The molecular formula is C36H31Cl2F6O9P. The Balaban J connectivity index is 1.49. The molecule has 0 fully saturated rings. The summed E-state index contributed by atoms with van der Waals surface area (Å²) in [5.74, 6) is -2.88. The zero-order valence-electron chi connectivity index (χ0n) is 27.9. The van der Waals surface area contributed by atoms with Gasteiger partial charge in [0, 0.05) is 21.2 Å². The Hall–Kier alpha value is -3.82. The van der Waals surface area contributed by atoms with E-state index < -0.39 is 91.9 Å². The molecule has 3 atom stereocenters. The molecule has 5 rings (SSSR count). The molecule has 0 spiro atoms. The van der Waals surface area contributed by atoms with Crippen LogP contribution in [-0.2, 0) is 69.3 Å². The molecule has 0 amide bonds. The number of rotatable bonds is 16. The molecule has 3 aromatic carbocycles. The summed E-state index contributed by atoms with van der Waals surface area (Å²) >= 11 is 11.6. The molecule has 0 saturated carbocycles. The number of aliphatic hydroxyl groups excluding tert-OH is 1. The molecule has 9 nitrogen and oxygen atoms in total. The molecule has 0 radical (unpaired) electrons. The zero-order chi connectivity index (χ0) is 39.1. The van der Waals surface area contributed by atoms with Crippen molar-refractivity contribution in [2.24, 2.45) is 0 Å². The first-order valence-corrected chi connectivity index (χ1v) is 18.3. The fourth-order valence-electron chi connectivity index (χ4n) is 5.27. The Morgan fingerprint density at radius 2 is 1.43 bits per heavy atom. The number of alkyl halides is 6. The van der Waals surface area contributed by atoms with Crippen LogP contribution in [0.3, 0.4) is 0 Å². The first-order chi connectivity index (χ1) is 25.6. The van der Waals surface area contributed by atoms with Crippen LogP contribution in [0, 0.1) is 0 Å². The predicted molar refractivity (Wildman–Crippen MR) is 183 cm³/mol. The molecule has 0 saturated heterocycles. The largest absolute Gasteiger partial charge is 0.485 e. The van der Waals surface area contributed by atoms with Gasteiger partial charge < -0.3 is 19.3 Å². The van der Waals surface area contributed by atoms with Crippen molar-refractivity contribution in [3.05, 3.63) is 140 Å². The molecule has 1 aliphatic heterocycles. The van der Waals surface area contributed by atoms with Crippen LogP contribution in [0.5, 0.6) is 0 Å². The zero-order valence-corrected chi connectivity index (χ0v) is 30.3. The lowest BCUT2D eigenvalue weighted by molar-refractivity contribution is -0.148. The normalized spacial score (nSPS) is 17.9. The number of cyclic esters (lactones) is 1. The molecule has 1 aliphatic carbocycles. The summed E-state index contributed by atoms with van der Waals surface area (Å²) in [5, 5.41) is 10.0. The van der Waals surface area contributed by atoms with E-state index in [0.717, 1.165) is 29.8 Å². The highest BCUT2D eigenvalue weighted by atomic mass is 35.5. The van der Waals surface area contributed by atoms with Crippen molar-refractivity contribution in [3.8, 4) is 0 Å². The lowest BCUT2D eigenvalue weighted by Crippen LogP contribution is -2.35. The third-order valence-electron chi connectivity index (χ3n) is 7.93. The van der Waals surface area contributed by atoms with E-state index >= 15 is 0 Å². The first kappa shape index (κ1) is 41.3. The summed E-state index contributed by atoms with van der Waals surface area (Å²) in [5.41, 5.74) is -2.04. The van der Waals surface area contributed by atoms with Crippen molar-refractivity contribution in [2.45, 2.75) is 57.2 Å². The van der Waals surface area contributed by atoms with Crippen molar-refractivity contribution in [2.75, 3.05) is 13.2 Å². The van der Waals surface area contributed by atoms with Gasteiger partial charge in [0.1, 0.15) is 19.3 Å². The number of aliphatic hydroxyl groups is 1. The van der Waals surface area contributed by atoms with Crippen molar-refractivity contribution in [1.82, 2.24) is 0 Å². The minimum absolute atomic E-state index is 0.230. The van der Waals surface area contributed by atoms with Crippen LogP contribution in [0.4, 0.5) is 26.3 Å². The maximum absolute atomic E-state index is 14.2. The van der Waals surface area contributed by atoms with Crippen LogP contribution in [0.1, 0.15) is 40.7 Å². The number of hydrogen-bond acceptors (Lipinski definition) is 9. The van der Waals surface area contributed by atoms with Crippen molar-refractivity contribution < 1.29 is 68.6 Å². The quantitative estimate of drug-likeness (QED) is 0.0858. The second kappa shape index (κ2) is 17.8. The SMILES string of the molecule is O=C1OC(C(CO)OP(=O)(OCC2=CC=CCC2)OCc2ccccc2)C(OCc2ccc(Cl)cc2C(F)(F)F)=C1OCc1ccc(Cl)cc1C(F)(F)F. The number of phosphoric ester groups is 1. The summed E-state index contributed by atoms with van der Waals surface area (Å²) in [7, 11) is -4.68. The third-order valence-corrected chi connectivity index (χ3v) is 9.82. The lowest BCUT2D eigenvalue weighted by Gasteiger charge is -2.27. The Morgan fingerprint density at radius 1 is 0.833 bits per heavy atom. The maximum atomic E-state index is 14.2. The minimum Gasteiger partial charge on any atom is -0.485 e. The summed E-state index contributed by atoms with van der Waals surface area (Å²) in [4.78, 5) is 13.3. The average Bonchev–Trinajstić information content (AvgIpc) is 3.45. The van der Waals surface area contributed by atoms with Gasteiger partial charge in [-0.2, -0.15) is 26.3 Å². The van der Waals surface area contributed by atoms with E-state index in [1.807, 2.05) is 6.08 Å². The van der Waals surface area contributed by atoms with E-state index in [2.05, 4.69) is 0 Å². The maximum Gasteiger partial charge on any atom is 0.475 e. The smallest absolute Gasteiger partial charge is 0.475 e. The van der Waals surface area contributed by atoms with Gasteiger partial charge in [0.15, 0.2) is 11.9 Å². The molecule has 3 unspecified atom stereocenters. The number of benzene rings is 3. The van der Waals surface area contributed by atoms with E-state index in [1.165, 1.54) is 0 Å². The molecule has 290 valence electrons. The van der Waals surface area contributed by atoms with E-state index in [9.17, 15) is 40.8 Å².